The van der Waals surface area contributed by atoms with Crippen molar-refractivity contribution in [3.63, 3.8) is 0 Å². The molecule has 0 radical (unpaired) electrons. The Morgan fingerprint density at radius 2 is 1.57 bits per heavy atom. The second-order valence-corrected chi connectivity index (χ2v) is 4.49. The largest absolute Gasteiger partial charge is 0.432 e. The van der Waals surface area contributed by atoms with Crippen molar-refractivity contribution in [1.29, 1.82) is 0 Å². The summed E-state index contributed by atoms with van der Waals surface area (Å²) >= 11 is 0. The van der Waals surface area contributed by atoms with Gasteiger partial charge in [-0.05, 0) is 23.8 Å². The molecule has 2 aromatic carbocycles. The van der Waals surface area contributed by atoms with E-state index in [9.17, 15) is 4.79 Å². The van der Waals surface area contributed by atoms with Crippen LogP contribution in [0.3, 0.4) is 0 Å². The second kappa shape index (κ2) is 6.01. The van der Waals surface area contributed by atoms with Crippen molar-refractivity contribution in [2.24, 2.45) is 4.99 Å². The molecule has 0 fully saturated rings. The quantitative estimate of drug-likeness (QED) is 0.803. The Morgan fingerprint density at radius 1 is 0.905 bits per heavy atom. The van der Waals surface area contributed by atoms with E-state index < -0.39 is 0 Å². The highest BCUT2D eigenvalue weighted by molar-refractivity contribution is 6.12. The van der Waals surface area contributed by atoms with Gasteiger partial charge < -0.3 is 4.74 Å². The van der Waals surface area contributed by atoms with Crippen LogP contribution >= 0.6 is 0 Å². The summed E-state index contributed by atoms with van der Waals surface area (Å²) in [5, 5.41) is 0. The molecular weight excluding hydrogens is 262 g/mol. The first-order valence-corrected chi connectivity index (χ1v) is 6.62. The van der Waals surface area contributed by atoms with E-state index in [0.717, 1.165) is 11.1 Å². The zero-order valence-corrected chi connectivity index (χ0v) is 11.3. The average Bonchev–Trinajstić information content (AvgIpc) is 2.91. The molecule has 0 saturated carbocycles. The molecule has 1 amide bonds. The molecule has 3 heteroatoms. The maximum Gasteiger partial charge on any atom is 0.316 e. The van der Waals surface area contributed by atoms with Gasteiger partial charge in [-0.15, -0.1) is 0 Å². The van der Waals surface area contributed by atoms with Gasteiger partial charge in [-0.2, -0.15) is 4.99 Å². The first-order valence-electron chi connectivity index (χ1n) is 6.62. The van der Waals surface area contributed by atoms with Crippen molar-refractivity contribution >= 4 is 17.9 Å². The van der Waals surface area contributed by atoms with Gasteiger partial charge in [0.25, 0.3) is 0 Å². The molecule has 0 N–H and O–H groups in total. The fraction of sp³-hybridized carbons (Fsp3) is 0. The molecule has 1 aliphatic heterocycles. The van der Waals surface area contributed by atoms with Crippen LogP contribution in [0.25, 0.3) is 6.08 Å². The lowest BCUT2D eigenvalue weighted by Crippen LogP contribution is -1.99. The van der Waals surface area contributed by atoms with E-state index in [1.807, 2.05) is 66.7 Å². The summed E-state index contributed by atoms with van der Waals surface area (Å²) in [4.78, 5) is 15.7. The highest BCUT2D eigenvalue weighted by Crippen LogP contribution is 2.16. The van der Waals surface area contributed by atoms with E-state index in [1.165, 1.54) is 0 Å². The van der Waals surface area contributed by atoms with E-state index in [0.29, 0.717) is 5.90 Å². The summed E-state index contributed by atoms with van der Waals surface area (Å²) in [6.45, 7) is 0. The monoisotopic (exact) mass is 275 g/mol. The van der Waals surface area contributed by atoms with Crippen LogP contribution in [0.4, 0.5) is 0 Å². The molecule has 2 aromatic rings. The molecular formula is C18H13NO2. The highest BCUT2D eigenvalue weighted by Gasteiger charge is 2.22. The van der Waals surface area contributed by atoms with Crippen LogP contribution in [0.15, 0.2) is 83.6 Å². The van der Waals surface area contributed by atoms with Gasteiger partial charge in [0.1, 0.15) is 0 Å². The van der Waals surface area contributed by atoms with Crippen molar-refractivity contribution in [2.75, 3.05) is 0 Å². The number of allylic oxidation sites excluding steroid dienone is 2. The molecule has 0 aromatic heterocycles. The van der Waals surface area contributed by atoms with Crippen molar-refractivity contribution in [3.05, 3.63) is 89.7 Å². The number of rotatable bonds is 3. The van der Waals surface area contributed by atoms with Gasteiger partial charge in [0, 0.05) is 5.56 Å². The number of carbonyl (C=O) groups excluding carboxylic acids is 1. The highest BCUT2D eigenvalue weighted by atomic mass is 16.5. The number of hydrogen-bond acceptors (Lipinski definition) is 2. The molecule has 0 unspecified atom stereocenters. The van der Waals surface area contributed by atoms with Gasteiger partial charge >= 0.3 is 5.91 Å². The van der Waals surface area contributed by atoms with Crippen LogP contribution in [0, 0.1) is 0 Å². The minimum Gasteiger partial charge on any atom is -0.432 e. The summed E-state index contributed by atoms with van der Waals surface area (Å²) in [5.74, 6) is 0.229. The van der Waals surface area contributed by atoms with E-state index >= 15 is 0 Å². The Kier molecular flexibility index (Phi) is 3.74. The predicted molar refractivity (Wildman–Crippen MR) is 82.6 cm³/mol. The van der Waals surface area contributed by atoms with Crippen LogP contribution in [0.1, 0.15) is 11.1 Å². The van der Waals surface area contributed by atoms with Crippen molar-refractivity contribution in [2.45, 2.75) is 0 Å². The van der Waals surface area contributed by atoms with E-state index in [2.05, 4.69) is 4.99 Å². The SMILES string of the molecule is O=C1N=C(c2ccccc2)OC1=CC=Cc1ccccc1. The van der Waals surface area contributed by atoms with Crippen molar-refractivity contribution < 1.29 is 9.53 Å². The molecule has 3 rings (SSSR count). The van der Waals surface area contributed by atoms with Crippen LogP contribution in [-0.4, -0.2) is 11.8 Å². The predicted octanol–water partition coefficient (Wildman–Crippen LogP) is 3.59. The third kappa shape index (κ3) is 3.15. The number of amides is 1. The molecule has 3 nitrogen and oxygen atoms in total. The van der Waals surface area contributed by atoms with E-state index in [4.69, 9.17) is 4.74 Å². The molecule has 0 aliphatic carbocycles. The van der Waals surface area contributed by atoms with Gasteiger partial charge in [-0.25, -0.2) is 0 Å². The summed E-state index contributed by atoms with van der Waals surface area (Å²) < 4.78 is 5.51. The Bertz CT molecular complexity index is 728. The van der Waals surface area contributed by atoms with Gasteiger partial charge in [0.2, 0.25) is 5.90 Å². The molecule has 0 atom stereocenters. The fourth-order valence-corrected chi connectivity index (χ4v) is 1.94. The molecule has 0 saturated heterocycles. The molecule has 1 heterocycles. The number of hydrogen-bond donors (Lipinski definition) is 0. The maximum atomic E-state index is 11.8. The normalized spacial score (nSPS) is 16.3. The first-order chi connectivity index (χ1) is 10.3. The van der Waals surface area contributed by atoms with Gasteiger partial charge in [0.15, 0.2) is 5.76 Å². The lowest BCUT2D eigenvalue weighted by Gasteiger charge is -2.00. The van der Waals surface area contributed by atoms with E-state index in [-0.39, 0.29) is 11.7 Å². The Balaban J connectivity index is 1.73. The zero-order valence-electron chi connectivity index (χ0n) is 11.3. The molecule has 0 spiro atoms. The number of aliphatic imine (C=N–C) groups is 1. The maximum absolute atomic E-state index is 11.8. The van der Waals surface area contributed by atoms with Crippen molar-refractivity contribution in [1.82, 2.24) is 0 Å². The topological polar surface area (TPSA) is 38.7 Å². The van der Waals surface area contributed by atoms with Crippen molar-refractivity contribution in [3.8, 4) is 0 Å². The molecule has 21 heavy (non-hydrogen) atoms. The third-order valence-corrected chi connectivity index (χ3v) is 2.98. The number of carbonyl (C=O) groups is 1. The lowest BCUT2D eigenvalue weighted by molar-refractivity contribution is -0.115. The van der Waals surface area contributed by atoms with Crippen LogP contribution in [-0.2, 0) is 9.53 Å². The Labute approximate surface area is 122 Å². The summed E-state index contributed by atoms with van der Waals surface area (Å²) in [5.41, 5.74) is 1.85. The smallest absolute Gasteiger partial charge is 0.316 e. The lowest BCUT2D eigenvalue weighted by atomic mass is 10.2. The van der Waals surface area contributed by atoms with E-state index in [1.54, 1.807) is 12.2 Å². The second-order valence-electron chi connectivity index (χ2n) is 4.49. The summed E-state index contributed by atoms with van der Waals surface area (Å²) in [6, 6.07) is 19.2. The number of nitrogens with zero attached hydrogens (tertiary/aromatic N) is 1. The Hall–Kier alpha value is -2.94. The zero-order chi connectivity index (χ0) is 14.5. The summed E-state index contributed by atoms with van der Waals surface area (Å²) in [6.07, 6.45) is 5.32. The summed E-state index contributed by atoms with van der Waals surface area (Å²) in [7, 11) is 0. The van der Waals surface area contributed by atoms with Crippen LogP contribution in [0.2, 0.25) is 0 Å². The van der Waals surface area contributed by atoms with Crippen LogP contribution < -0.4 is 0 Å². The van der Waals surface area contributed by atoms with Gasteiger partial charge in [-0.3, -0.25) is 4.79 Å². The molecule has 1 aliphatic rings. The van der Waals surface area contributed by atoms with Gasteiger partial charge in [-0.1, -0.05) is 60.7 Å². The van der Waals surface area contributed by atoms with Gasteiger partial charge in [0.05, 0.1) is 0 Å². The minimum absolute atomic E-state index is 0.237. The average molecular weight is 275 g/mol. The minimum atomic E-state index is -0.355. The standard InChI is InChI=1S/C18H13NO2/c20-17-16(13-7-10-14-8-3-1-4-9-14)21-18(19-17)15-11-5-2-6-12-15/h1-13H. The van der Waals surface area contributed by atoms with Crippen LogP contribution in [0.5, 0.6) is 0 Å². The number of ether oxygens (including phenoxy) is 1. The molecule has 0 bridgehead atoms. The first kappa shape index (κ1) is 13.1. The molecule has 102 valence electrons. The Morgan fingerprint density at radius 3 is 2.29 bits per heavy atom. The third-order valence-electron chi connectivity index (χ3n) is 2.98. The number of benzene rings is 2. The fourth-order valence-electron chi connectivity index (χ4n) is 1.94.